The smallest absolute Gasteiger partial charge is 0.303 e. The third kappa shape index (κ3) is 4.08. The number of carbonyl (C=O) groups excluding carboxylic acids is 1. The van der Waals surface area contributed by atoms with Crippen molar-refractivity contribution in [1.29, 1.82) is 0 Å². The zero-order chi connectivity index (χ0) is 13.5. The lowest BCUT2D eigenvalue weighted by Gasteiger charge is -2.15. The average Bonchev–Trinajstić information content (AvgIpc) is 2.28. The average molecular weight is 252 g/mol. The minimum atomic E-state index is -0.840. The number of carboxylic acids is 1. The number of phenols is 1. The van der Waals surface area contributed by atoms with Crippen LogP contribution >= 0.6 is 0 Å². The van der Waals surface area contributed by atoms with Crippen LogP contribution in [-0.2, 0) is 4.79 Å². The van der Waals surface area contributed by atoms with Crippen LogP contribution in [0.1, 0.15) is 36.5 Å². The lowest BCUT2D eigenvalue weighted by Crippen LogP contribution is -2.13. The first-order valence-corrected chi connectivity index (χ1v) is 5.70. The standard InChI is InChI=1S/C13H16O5/c1-9(4-2-7-13(16)17)18-12-6-3-5-11(15)10(12)8-14/h3,5-6,8-9,15H,2,4,7H2,1H3,(H,16,17). The third-order valence-corrected chi connectivity index (χ3v) is 2.49. The van der Waals surface area contributed by atoms with Gasteiger partial charge in [-0.25, -0.2) is 0 Å². The maximum Gasteiger partial charge on any atom is 0.303 e. The van der Waals surface area contributed by atoms with Gasteiger partial charge < -0.3 is 14.9 Å². The Morgan fingerprint density at radius 2 is 2.22 bits per heavy atom. The second kappa shape index (κ2) is 6.64. The molecule has 0 bridgehead atoms. The number of benzene rings is 1. The van der Waals surface area contributed by atoms with Crippen molar-refractivity contribution in [3.63, 3.8) is 0 Å². The van der Waals surface area contributed by atoms with Crippen LogP contribution < -0.4 is 4.74 Å². The SMILES string of the molecule is CC(CCCC(=O)O)Oc1cccc(O)c1C=O. The van der Waals surface area contributed by atoms with Crippen molar-refractivity contribution < 1.29 is 24.5 Å². The highest BCUT2D eigenvalue weighted by Gasteiger charge is 2.11. The van der Waals surface area contributed by atoms with E-state index in [9.17, 15) is 14.7 Å². The van der Waals surface area contributed by atoms with Gasteiger partial charge in [0.2, 0.25) is 0 Å². The monoisotopic (exact) mass is 252 g/mol. The molecule has 2 N–H and O–H groups in total. The van der Waals surface area contributed by atoms with Gasteiger partial charge in [-0.15, -0.1) is 0 Å². The molecule has 1 unspecified atom stereocenters. The lowest BCUT2D eigenvalue weighted by atomic mass is 10.1. The van der Waals surface area contributed by atoms with E-state index in [-0.39, 0.29) is 23.8 Å². The summed E-state index contributed by atoms with van der Waals surface area (Å²) in [7, 11) is 0. The van der Waals surface area contributed by atoms with Gasteiger partial charge >= 0.3 is 5.97 Å². The van der Waals surface area contributed by atoms with Crippen LogP contribution in [0.3, 0.4) is 0 Å². The number of carbonyl (C=O) groups is 2. The van der Waals surface area contributed by atoms with Gasteiger partial charge in [0.1, 0.15) is 11.5 Å². The van der Waals surface area contributed by atoms with Gasteiger partial charge in [0, 0.05) is 6.42 Å². The van der Waals surface area contributed by atoms with Crippen molar-refractivity contribution in [1.82, 2.24) is 0 Å². The zero-order valence-electron chi connectivity index (χ0n) is 10.1. The fourth-order valence-electron chi connectivity index (χ4n) is 1.57. The van der Waals surface area contributed by atoms with E-state index in [1.807, 2.05) is 0 Å². The molecule has 1 atom stereocenters. The molecule has 98 valence electrons. The fourth-order valence-corrected chi connectivity index (χ4v) is 1.57. The van der Waals surface area contributed by atoms with Gasteiger partial charge in [-0.05, 0) is 31.9 Å². The first-order chi connectivity index (χ1) is 8.54. The molecule has 0 radical (unpaired) electrons. The predicted molar refractivity (Wildman–Crippen MR) is 65.1 cm³/mol. The van der Waals surface area contributed by atoms with Gasteiger partial charge in [0.05, 0.1) is 11.7 Å². The van der Waals surface area contributed by atoms with E-state index in [1.165, 1.54) is 6.07 Å². The lowest BCUT2D eigenvalue weighted by molar-refractivity contribution is -0.137. The molecular weight excluding hydrogens is 236 g/mol. The van der Waals surface area contributed by atoms with Gasteiger partial charge in [0.15, 0.2) is 6.29 Å². The first-order valence-electron chi connectivity index (χ1n) is 5.70. The number of aldehydes is 1. The van der Waals surface area contributed by atoms with Crippen LogP contribution in [-0.4, -0.2) is 28.6 Å². The fraction of sp³-hybridized carbons (Fsp3) is 0.385. The molecule has 18 heavy (non-hydrogen) atoms. The van der Waals surface area contributed by atoms with Crippen LogP contribution in [0.15, 0.2) is 18.2 Å². The Balaban J connectivity index is 2.59. The minimum Gasteiger partial charge on any atom is -0.507 e. The van der Waals surface area contributed by atoms with Gasteiger partial charge in [-0.2, -0.15) is 0 Å². The number of rotatable bonds is 7. The van der Waals surface area contributed by atoms with Crippen molar-refractivity contribution in [2.75, 3.05) is 0 Å². The van der Waals surface area contributed by atoms with Gasteiger partial charge in [-0.1, -0.05) is 6.07 Å². The summed E-state index contributed by atoms with van der Waals surface area (Å²) in [5.74, 6) is -0.652. The van der Waals surface area contributed by atoms with Crippen LogP contribution in [0.25, 0.3) is 0 Å². The van der Waals surface area contributed by atoms with E-state index in [4.69, 9.17) is 9.84 Å². The molecule has 0 amide bonds. The Morgan fingerprint density at radius 3 is 2.83 bits per heavy atom. The highest BCUT2D eigenvalue weighted by molar-refractivity contribution is 5.83. The minimum absolute atomic E-state index is 0.0915. The summed E-state index contributed by atoms with van der Waals surface area (Å²) in [4.78, 5) is 21.2. The van der Waals surface area contributed by atoms with E-state index in [1.54, 1.807) is 19.1 Å². The maximum atomic E-state index is 10.8. The van der Waals surface area contributed by atoms with E-state index in [0.29, 0.717) is 24.9 Å². The molecule has 1 aromatic carbocycles. The molecule has 5 heteroatoms. The van der Waals surface area contributed by atoms with E-state index < -0.39 is 5.97 Å². The molecule has 0 heterocycles. The first kappa shape index (κ1) is 14.0. The summed E-state index contributed by atoms with van der Waals surface area (Å²) in [5, 5.41) is 18.0. The van der Waals surface area contributed by atoms with Crippen molar-refractivity contribution >= 4 is 12.3 Å². The summed E-state index contributed by atoms with van der Waals surface area (Å²) in [6, 6.07) is 4.59. The van der Waals surface area contributed by atoms with Gasteiger partial charge in [0.25, 0.3) is 0 Å². The summed E-state index contributed by atoms with van der Waals surface area (Å²) in [5.41, 5.74) is 0.114. The van der Waals surface area contributed by atoms with Crippen molar-refractivity contribution in [2.45, 2.75) is 32.3 Å². The molecule has 0 aromatic heterocycles. The summed E-state index contributed by atoms with van der Waals surface area (Å²) in [6.07, 6.45) is 1.49. The van der Waals surface area contributed by atoms with Crippen molar-refractivity contribution in [2.24, 2.45) is 0 Å². The van der Waals surface area contributed by atoms with Crippen LogP contribution in [0.2, 0.25) is 0 Å². The number of ether oxygens (including phenoxy) is 1. The number of phenolic OH excluding ortho intramolecular Hbond substituents is 1. The van der Waals surface area contributed by atoms with Crippen molar-refractivity contribution in [3.05, 3.63) is 23.8 Å². The Labute approximate surface area is 105 Å². The highest BCUT2D eigenvalue weighted by atomic mass is 16.5. The molecule has 0 aliphatic rings. The second-order valence-electron chi connectivity index (χ2n) is 4.02. The molecule has 1 aromatic rings. The number of carboxylic acid groups (broad SMARTS) is 1. The van der Waals surface area contributed by atoms with Gasteiger partial charge in [-0.3, -0.25) is 9.59 Å². The Bertz CT molecular complexity index is 427. The molecule has 0 spiro atoms. The summed E-state index contributed by atoms with van der Waals surface area (Å²) < 4.78 is 5.51. The predicted octanol–water partition coefficient (Wildman–Crippen LogP) is 2.23. The van der Waals surface area contributed by atoms with Crippen molar-refractivity contribution in [3.8, 4) is 11.5 Å². The molecule has 0 saturated heterocycles. The second-order valence-corrected chi connectivity index (χ2v) is 4.02. The van der Waals surface area contributed by atoms with E-state index in [2.05, 4.69) is 0 Å². The van der Waals surface area contributed by atoms with Crippen LogP contribution in [0.5, 0.6) is 11.5 Å². The molecular formula is C13H16O5. The number of hydrogen-bond acceptors (Lipinski definition) is 4. The third-order valence-electron chi connectivity index (χ3n) is 2.49. The zero-order valence-corrected chi connectivity index (χ0v) is 10.1. The molecule has 0 aliphatic carbocycles. The molecule has 5 nitrogen and oxygen atoms in total. The number of aliphatic carboxylic acids is 1. The summed E-state index contributed by atoms with van der Waals surface area (Å²) in [6.45, 7) is 1.79. The molecule has 0 saturated carbocycles. The molecule has 1 rings (SSSR count). The van der Waals surface area contributed by atoms with E-state index in [0.717, 1.165) is 0 Å². The number of hydrogen-bond donors (Lipinski definition) is 2. The topological polar surface area (TPSA) is 83.8 Å². The van der Waals surface area contributed by atoms with Crippen LogP contribution in [0, 0.1) is 0 Å². The largest absolute Gasteiger partial charge is 0.507 e. The summed E-state index contributed by atoms with van der Waals surface area (Å²) >= 11 is 0. The van der Waals surface area contributed by atoms with Crippen LogP contribution in [0.4, 0.5) is 0 Å². The van der Waals surface area contributed by atoms with E-state index >= 15 is 0 Å². The quantitative estimate of drug-likeness (QED) is 0.727. The highest BCUT2D eigenvalue weighted by Crippen LogP contribution is 2.26. The Hall–Kier alpha value is -2.04. The Morgan fingerprint density at radius 1 is 1.50 bits per heavy atom. The Kier molecular flexibility index (Phi) is 5.17. The normalized spacial score (nSPS) is 11.8. The molecule has 0 fully saturated rings. The maximum absolute atomic E-state index is 10.8. The molecule has 0 aliphatic heterocycles. The number of aromatic hydroxyl groups is 1.